The molecule has 2 aromatic carbocycles. The number of nitrogens with zero attached hydrogens (tertiary/aromatic N) is 2. The third-order valence-corrected chi connectivity index (χ3v) is 6.77. The summed E-state index contributed by atoms with van der Waals surface area (Å²) in [4.78, 5) is 17.5. The molecule has 1 amide bonds. The molecule has 0 spiro atoms. The highest BCUT2D eigenvalue weighted by molar-refractivity contribution is 7.89. The van der Waals surface area contributed by atoms with Gasteiger partial charge in [0.05, 0.1) is 28.3 Å². The number of carbonyl (C=O) groups is 1. The normalized spacial score (nSPS) is 12.4. The van der Waals surface area contributed by atoms with E-state index in [1.807, 2.05) is 4.57 Å². The number of ether oxygens (including phenoxy) is 2. The molecular weight excluding hydrogens is 450 g/mol. The third-order valence-electron chi connectivity index (χ3n) is 4.82. The summed E-state index contributed by atoms with van der Waals surface area (Å²) in [6.45, 7) is 3.65. The number of rotatable bonds is 10. The molecule has 0 saturated carbocycles. The van der Waals surface area contributed by atoms with Crippen LogP contribution in [0.1, 0.15) is 36.5 Å². The monoisotopic (exact) mass is 477 g/mol. The predicted octanol–water partition coefficient (Wildman–Crippen LogP) is 3.31. The lowest BCUT2D eigenvalue weighted by Gasteiger charge is -2.06. The first-order valence-electron chi connectivity index (χ1n) is 10.3. The molecule has 2 N–H and O–H groups in total. The highest BCUT2D eigenvalue weighted by Crippen LogP contribution is 2.21. The second-order valence-corrected chi connectivity index (χ2v) is 9.77. The van der Waals surface area contributed by atoms with E-state index in [9.17, 15) is 13.2 Å². The van der Waals surface area contributed by atoms with Crippen molar-refractivity contribution < 1.29 is 22.7 Å². The van der Waals surface area contributed by atoms with Crippen LogP contribution in [0.4, 0.5) is 0 Å². The maximum absolute atomic E-state index is 12.8. The van der Waals surface area contributed by atoms with Gasteiger partial charge >= 0.3 is 0 Å². The zero-order valence-corrected chi connectivity index (χ0v) is 19.7. The van der Waals surface area contributed by atoms with Crippen molar-refractivity contribution in [2.45, 2.75) is 37.6 Å². The van der Waals surface area contributed by atoms with Crippen LogP contribution < -0.4 is 14.7 Å². The number of amides is 1. The molecule has 0 bridgehead atoms. The summed E-state index contributed by atoms with van der Waals surface area (Å²) in [6, 6.07) is 11.5. The van der Waals surface area contributed by atoms with Gasteiger partial charge in [-0.05, 0) is 48.9 Å². The van der Waals surface area contributed by atoms with Gasteiger partial charge in [-0.25, -0.2) is 13.6 Å². The Bertz CT molecular complexity index is 1240. The molecule has 0 unspecified atom stereocenters. The number of unbranched alkanes of at least 4 members (excludes halogenated alkanes) is 2. The third kappa shape index (κ3) is 6.04. The van der Waals surface area contributed by atoms with E-state index in [2.05, 4.69) is 11.9 Å². The van der Waals surface area contributed by atoms with E-state index in [1.54, 1.807) is 37.4 Å². The molecule has 172 valence electrons. The van der Waals surface area contributed by atoms with Crippen LogP contribution in [0.15, 0.2) is 52.4 Å². The van der Waals surface area contributed by atoms with Crippen LogP contribution in [0, 0.1) is 0 Å². The lowest BCUT2D eigenvalue weighted by molar-refractivity contribution is 0.0997. The first kappa shape index (κ1) is 24.1. The number of sulfonamides is 1. The number of primary sulfonamides is 1. The Labute approximate surface area is 191 Å². The van der Waals surface area contributed by atoms with E-state index in [4.69, 9.17) is 14.6 Å². The number of aromatic nitrogens is 1. The van der Waals surface area contributed by atoms with E-state index in [-0.39, 0.29) is 4.90 Å². The fourth-order valence-corrected chi connectivity index (χ4v) is 4.81. The lowest BCUT2D eigenvalue weighted by Crippen LogP contribution is -2.19. The van der Waals surface area contributed by atoms with Crippen molar-refractivity contribution in [2.24, 2.45) is 10.1 Å². The van der Waals surface area contributed by atoms with Crippen LogP contribution in [-0.4, -0.2) is 39.2 Å². The minimum atomic E-state index is -3.83. The van der Waals surface area contributed by atoms with Gasteiger partial charge in [0, 0.05) is 19.2 Å². The van der Waals surface area contributed by atoms with E-state index in [0.717, 1.165) is 24.8 Å². The Morgan fingerprint density at radius 2 is 1.88 bits per heavy atom. The number of fused-ring (bicyclic) bond motifs is 1. The average Bonchev–Trinajstić information content (AvgIpc) is 3.11. The Balaban J connectivity index is 1.90. The molecule has 1 aromatic heterocycles. The van der Waals surface area contributed by atoms with Crippen molar-refractivity contribution >= 4 is 37.5 Å². The molecule has 0 aliphatic rings. The first-order valence-corrected chi connectivity index (χ1v) is 12.7. The molecule has 3 rings (SSSR count). The lowest BCUT2D eigenvalue weighted by atomic mass is 10.2. The second-order valence-electron chi connectivity index (χ2n) is 7.20. The first-order chi connectivity index (χ1) is 15.3. The highest BCUT2D eigenvalue weighted by atomic mass is 32.2. The zero-order chi connectivity index (χ0) is 23.1. The summed E-state index contributed by atoms with van der Waals surface area (Å²) in [5.41, 5.74) is 1.19. The average molecular weight is 478 g/mol. The van der Waals surface area contributed by atoms with Gasteiger partial charge in [0.1, 0.15) is 5.75 Å². The molecule has 0 saturated heterocycles. The Morgan fingerprint density at radius 1 is 1.12 bits per heavy atom. The Morgan fingerprint density at radius 3 is 2.53 bits per heavy atom. The maximum atomic E-state index is 12.8. The Hall–Kier alpha value is -2.53. The molecule has 0 atom stereocenters. The van der Waals surface area contributed by atoms with Gasteiger partial charge < -0.3 is 14.0 Å². The number of methoxy groups -OCH3 is 1. The zero-order valence-electron chi connectivity index (χ0n) is 18.1. The van der Waals surface area contributed by atoms with E-state index < -0.39 is 15.9 Å². The molecule has 10 heteroatoms. The second kappa shape index (κ2) is 10.9. The molecule has 0 aliphatic heterocycles. The van der Waals surface area contributed by atoms with Crippen molar-refractivity contribution in [2.75, 3.05) is 20.3 Å². The van der Waals surface area contributed by atoms with Gasteiger partial charge in [0.25, 0.3) is 5.91 Å². The van der Waals surface area contributed by atoms with Gasteiger partial charge in [-0.3, -0.25) is 4.79 Å². The molecular formula is C22H27N3O5S2. The number of benzene rings is 2. The summed E-state index contributed by atoms with van der Waals surface area (Å²) >= 11 is 1.22. The van der Waals surface area contributed by atoms with E-state index in [0.29, 0.717) is 40.6 Å². The standard InChI is InChI=1S/C22H27N3O5S2/c1-3-4-5-13-30-17-8-6-16(7-9-17)21(26)24-22-25(12-14-29-2)19-11-10-18(32(23,27)28)15-20(19)31-22/h6-11,15H,3-5,12-14H2,1-2H3,(H2,23,27,28). The fourth-order valence-electron chi connectivity index (χ4n) is 3.10. The topological polar surface area (TPSA) is 113 Å². The molecule has 0 fully saturated rings. The summed E-state index contributed by atoms with van der Waals surface area (Å²) < 4.78 is 36.7. The van der Waals surface area contributed by atoms with Gasteiger partial charge in [-0.2, -0.15) is 4.99 Å². The van der Waals surface area contributed by atoms with Crippen LogP contribution in [-0.2, 0) is 21.3 Å². The van der Waals surface area contributed by atoms with Crippen molar-refractivity contribution in [3.05, 3.63) is 52.8 Å². The van der Waals surface area contributed by atoms with Crippen molar-refractivity contribution in [3.63, 3.8) is 0 Å². The summed E-state index contributed by atoms with van der Waals surface area (Å²) in [5, 5.41) is 5.25. The SMILES string of the molecule is CCCCCOc1ccc(C(=O)N=c2sc3cc(S(N)(=O)=O)ccc3n2CCOC)cc1. The minimum absolute atomic E-state index is 0.0116. The van der Waals surface area contributed by atoms with Gasteiger partial charge in [0.2, 0.25) is 10.0 Å². The number of hydrogen-bond donors (Lipinski definition) is 1. The van der Waals surface area contributed by atoms with Crippen LogP contribution in [0.25, 0.3) is 10.2 Å². The number of hydrogen-bond acceptors (Lipinski definition) is 6. The van der Waals surface area contributed by atoms with Crippen LogP contribution >= 0.6 is 11.3 Å². The smallest absolute Gasteiger partial charge is 0.279 e. The number of nitrogens with two attached hydrogens (primary N) is 1. The highest BCUT2D eigenvalue weighted by Gasteiger charge is 2.14. The van der Waals surface area contributed by atoms with Crippen LogP contribution in [0.5, 0.6) is 5.75 Å². The molecule has 8 nitrogen and oxygen atoms in total. The molecule has 0 radical (unpaired) electrons. The van der Waals surface area contributed by atoms with Crippen LogP contribution in [0.3, 0.4) is 0 Å². The predicted molar refractivity (Wildman–Crippen MR) is 124 cm³/mol. The van der Waals surface area contributed by atoms with Crippen LogP contribution in [0.2, 0.25) is 0 Å². The molecule has 3 aromatic rings. The maximum Gasteiger partial charge on any atom is 0.279 e. The van der Waals surface area contributed by atoms with Crippen molar-refractivity contribution in [3.8, 4) is 5.75 Å². The van der Waals surface area contributed by atoms with Crippen molar-refractivity contribution in [1.29, 1.82) is 0 Å². The van der Waals surface area contributed by atoms with E-state index >= 15 is 0 Å². The fraction of sp³-hybridized carbons (Fsp3) is 0.364. The Kier molecular flexibility index (Phi) is 8.19. The number of carbonyl (C=O) groups excluding carboxylic acids is 1. The number of thiazole rings is 1. The van der Waals surface area contributed by atoms with Crippen molar-refractivity contribution in [1.82, 2.24) is 4.57 Å². The quantitative estimate of drug-likeness (QED) is 0.450. The summed E-state index contributed by atoms with van der Waals surface area (Å²) in [7, 11) is -2.25. The van der Waals surface area contributed by atoms with Gasteiger partial charge in [-0.1, -0.05) is 31.1 Å². The summed E-state index contributed by atoms with van der Waals surface area (Å²) in [6.07, 6.45) is 3.24. The molecule has 32 heavy (non-hydrogen) atoms. The molecule has 1 heterocycles. The minimum Gasteiger partial charge on any atom is -0.494 e. The van der Waals surface area contributed by atoms with Gasteiger partial charge in [-0.15, -0.1) is 0 Å². The van der Waals surface area contributed by atoms with Gasteiger partial charge in [0.15, 0.2) is 4.80 Å². The largest absolute Gasteiger partial charge is 0.494 e. The molecule has 0 aliphatic carbocycles. The summed E-state index contributed by atoms with van der Waals surface area (Å²) in [5.74, 6) is 0.317. The van der Waals surface area contributed by atoms with E-state index in [1.165, 1.54) is 23.5 Å².